The van der Waals surface area contributed by atoms with Crippen molar-refractivity contribution in [2.45, 2.75) is 12.8 Å². The highest BCUT2D eigenvalue weighted by Crippen LogP contribution is 2.25. The number of piperidine rings is 1. The molecule has 0 saturated carbocycles. The molecule has 1 fully saturated rings. The molecule has 0 unspecified atom stereocenters. The fourth-order valence-corrected chi connectivity index (χ4v) is 4.06. The molecule has 0 bridgehead atoms. The Balaban J connectivity index is 2.08. The summed E-state index contributed by atoms with van der Waals surface area (Å²) >= 11 is 0. The number of anilines is 2. The maximum Gasteiger partial charge on any atom is 0.233 e. The molecule has 5 nitrogen and oxygen atoms in total. The molecule has 1 aliphatic rings. The molecule has 0 radical (unpaired) electrons. The Morgan fingerprint density at radius 3 is 2.55 bits per heavy atom. The van der Waals surface area contributed by atoms with E-state index < -0.39 is 10.0 Å². The highest BCUT2D eigenvalue weighted by molar-refractivity contribution is 7.92. The summed E-state index contributed by atoms with van der Waals surface area (Å²) in [5, 5.41) is 3.25. The minimum atomic E-state index is -3.29. The van der Waals surface area contributed by atoms with E-state index in [1.807, 2.05) is 37.2 Å². The maximum absolute atomic E-state index is 12.3. The lowest BCUT2D eigenvalue weighted by atomic mass is 10.0. The van der Waals surface area contributed by atoms with Crippen LogP contribution in [0.25, 0.3) is 0 Å². The molecule has 1 aromatic carbocycles. The summed E-state index contributed by atoms with van der Waals surface area (Å²) in [6, 6.07) is 7.45. The average Bonchev–Trinajstić information content (AvgIpc) is 2.39. The van der Waals surface area contributed by atoms with Crippen LogP contribution >= 0.6 is 0 Å². The Bertz CT molecular complexity index is 537. The third kappa shape index (κ3) is 4.11. The summed E-state index contributed by atoms with van der Waals surface area (Å²) in [7, 11) is 0.511. The third-order valence-corrected chi connectivity index (χ3v) is 5.01. The zero-order valence-corrected chi connectivity index (χ0v) is 12.9. The predicted octanol–water partition coefficient (Wildman–Crippen LogP) is 1.49. The lowest BCUT2D eigenvalue weighted by Crippen LogP contribution is -2.33. The van der Waals surface area contributed by atoms with E-state index in [4.69, 9.17) is 0 Å². The molecule has 1 heterocycles. The lowest BCUT2D eigenvalue weighted by molar-refractivity contribution is 0.402. The van der Waals surface area contributed by atoms with Crippen LogP contribution in [-0.4, -0.2) is 41.4 Å². The molecule has 112 valence electrons. The molecule has 2 rings (SSSR count). The molecule has 6 heteroatoms. The van der Waals surface area contributed by atoms with Crippen molar-refractivity contribution in [1.82, 2.24) is 5.32 Å². The van der Waals surface area contributed by atoms with Crippen LogP contribution < -0.4 is 14.9 Å². The smallest absolute Gasteiger partial charge is 0.233 e. The summed E-state index contributed by atoms with van der Waals surface area (Å²) in [5.74, 6) is 0.455. The fraction of sp³-hybridized carbons (Fsp3) is 0.571. The topological polar surface area (TPSA) is 61.4 Å². The van der Waals surface area contributed by atoms with Crippen LogP contribution in [0.3, 0.4) is 0 Å². The van der Waals surface area contributed by atoms with E-state index in [2.05, 4.69) is 10.0 Å². The second-order valence-electron chi connectivity index (χ2n) is 5.49. The average molecular weight is 297 g/mol. The Labute approximate surface area is 121 Å². The van der Waals surface area contributed by atoms with Gasteiger partial charge in [-0.3, -0.25) is 4.72 Å². The summed E-state index contributed by atoms with van der Waals surface area (Å²) < 4.78 is 27.3. The molecule has 1 aromatic rings. The molecule has 0 amide bonds. The fourth-order valence-electron chi connectivity index (χ4n) is 2.52. The summed E-state index contributed by atoms with van der Waals surface area (Å²) in [6.45, 7) is 1.82. The first-order valence-electron chi connectivity index (χ1n) is 6.95. The van der Waals surface area contributed by atoms with Crippen molar-refractivity contribution in [2.24, 2.45) is 5.92 Å². The van der Waals surface area contributed by atoms with Gasteiger partial charge in [0.1, 0.15) is 0 Å². The first-order chi connectivity index (χ1) is 9.48. The molecule has 1 saturated heterocycles. The Kier molecular flexibility index (Phi) is 4.88. The maximum atomic E-state index is 12.3. The molecular weight excluding hydrogens is 274 g/mol. The molecule has 0 aliphatic carbocycles. The van der Waals surface area contributed by atoms with E-state index in [9.17, 15) is 8.42 Å². The van der Waals surface area contributed by atoms with E-state index in [0.717, 1.165) is 31.6 Å². The molecule has 0 atom stereocenters. The van der Waals surface area contributed by atoms with Crippen molar-refractivity contribution in [3.8, 4) is 0 Å². The van der Waals surface area contributed by atoms with Gasteiger partial charge < -0.3 is 10.2 Å². The lowest BCUT2D eigenvalue weighted by Gasteiger charge is -2.23. The van der Waals surface area contributed by atoms with Crippen molar-refractivity contribution in [1.29, 1.82) is 0 Å². The number of rotatable bonds is 5. The van der Waals surface area contributed by atoms with Crippen molar-refractivity contribution in [2.75, 3.05) is 42.6 Å². The highest BCUT2D eigenvalue weighted by atomic mass is 32.2. The normalized spacial score (nSPS) is 16.9. The Morgan fingerprint density at radius 2 is 1.90 bits per heavy atom. The second kappa shape index (κ2) is 6.45. The minimum absolute atomic E-state index is 0.205. The minimum Gasteiger partial charge on any atom is -0.376 e. The van der Waals surface area contributed by atoms with E-state index in [0.29, 0.717) is 5.69 Å². The number of sulfonamides is 1. The van der Waals surface area contributed by atoms with Crippen LogP contribution in [0.15, 0.2) is 24.3 Å². The van der Waals surface area contributed by atoms with Crippen LogP contribution in [0.1, 0.15) is 12.8 Å². The number of nitrogens with one attached hydrogen (secondary N) is 2. The molecule has 0 aromatic heterocycles. The highest BCUT2D eigenvalue weighted by Gasteiger charge is 2.22. The van der Waals surface area contributed by atoms with Crippen LogP contribution in [0.4, 0.5) is 11.4 Å². The number of hydrogen-bond acceptors (Lipinski definition) is 4. The van der Waals surface area contributed by atoms with E-state index in [1.54, 1.807) is 6.07 Å². The van der Waals surface area contributed by atoms with Crippen LogP contribution in [0, 0.1) is 5.92 Å². The van der Waals surface area contributed by atoms with E-state index in [-0.39, 0.29) is 11.7 Å². The number of para-hydroxylation sites is 2. The van der Waals surface area contributed by atoms with Crippen LogP contribution in [0.5, 0.6) is 0 Å². The monoisotopic (exact) mass is 297 g/mol. The summed E-state index contributed by atoms with van der Waals surface area (Å²) in [4.78, 5) is 1.91. The van der Waals surface area contributed by atoms with Gasteiger partial charge in [0.05, 0.1) is 17.1 Å². The van der Waals surface area contributed by atoms with Crippen LogP contribution in [-0.2, 0) is 10.0 Å². The van der Waals surface area contributed by atoms with Gasteiger partial charge in [-0.1, -0.05) is 12.1 Å². The Morgan fingerprint density at radius 1 is 1.25 bits per heavy atom. The van der Waals surface area contributed by atoms with Gasteiger partial charge in [0.15, 0.2) is 0 Å². The molecule has 0 spiro atoms. The van der Waals surface area contributed by atoms with Gasteiger partial charge in [0, 0.05) is 14.1 Å². The van der Waals surface area contributed by atoms with Gasteiger partial charge in [-0.05, 0) is 44.0 Å². The summed E-state index contributed by atoms with van der Waals surface area (Å²) in [5.41, 5.74) is 1.52. The van der Waals surface area contributed by atoms with E-state index in [1.165, 1.54) is 0 Å². The number of benzene rings is 1. The van der Waals surface area contributed by atoms with Gasteiger partial charge in [-0.25, -0.2) is 8.42 Å². The van der Waals surface area contributed by atoms with Gasteiger partial charge >= 0.3 is 0 Å². The number of nitrogens with zero attached hydrogens (tertiary/aromatic N) is 1. The Hall–Kier alpha value is -1.27. The predicted molar refractivity (Wildman–Crippen MR) is 83.8 cm³/mol. The largest absolute Gasteiger partial charge is 0.376 e. The van der Waals surface area contributed by atoms with Gasteiger partial charge in [-0.2, -0.15) is 0 Å². The quantitative estimate of drug-likeness (QED) is 0.864. The zero-order valence-electron chi connectivity index (χ0n) is 12.1. The zero-order chi connectivity index (χ0) is 14.6. The van der Waals surface area contributed by atoms with E-state index >= 15 is 0 Å². The van der Waals surface area contributed by atoms with Crippen molar-refractivity contribution >= 4 is 21.4 Å². The van der Waals surface area contributed by atoms with Gasteiger partial charge in [0.25, 0.3) is 0 Å². The van der Waals surface area contributed by atoms with Gasteiger partial charge in [0.2, 0.25) is 10.0 Å². The molecular formula is C14H23N3O2S. The van der Waals surface area contributed by atoms with Crippen molar-refractivity contribution in [3.63, 3.8) is 0 Å². The second-order valence-corrected chi connectivity index (χ2v) is 7.26. The summed E-state index contributed by atoms with van der Waals surface area (Å²) in [6.07, 6.45) is 1.85. The standard InChI is InChI=1S/C14H23N3O2S/c1-17(2)14-6-4-3-5-13(14)16-20(18,19)11-12-7-9-15-10-8-12/h3-6,12,15-16H,7-11H2,1-2H3. The van der Waals surface area contributed by atoms with Crippen molar-refractivity contribution in [3.05, 3.63) is 24.3 Å². The first-order valence-corrected chi connectivity index (χ1v) is 8.61. The third-order valence-electron chi connectivity index (χ3n) is 3.57. The van der Waals surface area contributed by atoms with Crippen LogP contribution in [0.2, 0.25) is 0 Å². The number of hydrogen-bond donors (Lipinski definition) is 2. The first kappa shape index (κ1) is 15.1. The molecule has 2 N–H and O–H groups in total. The SMILES string of the molecule is CN(C)c1ccccc1NS(=O)(=O)CC1CCNCC1. The molecule has 20 heavy (non-hydrogen) atoms. The molecule has 1 aliphatic heterocycles. The van der Waals surface area contributed by atoms with Gasteiger partial charge in [-0.15, -0.1) is 0 Å². The van der Waals surface area contributed by atoms with Crippen molar-refractivity contribution < 1.29 is 8.42 Å².